The minimum atomic E-state index is -0.195. The minimum Gasteiger partial charge on any atom is -0.345 e. The van der Waals surface area contributed by atoms with Crippen molar-refractivity contribution in [3.05, 3.63) is 29.3 Å². The molecule has 5 heteroatoms. The maximum absolute atomic E-state index is 12.3. The number of hydrogen-bond donors (Lipinski definition) is 2. The van der Waals surface area contributed by atoms with Crippen molar-refractivity contribution in [3.8, 4) is 0 Å². The largest absolute Gasteiger partial charge is 0.345 e. The van der Waals surface area contributed by atoms with Gasteiger partial charge < -0.3 is 11.1 Å². The van der Waals surface area contributed by atoms with Crippen molar-refractivity contribution in [2.75, 3.05) is 6.54 Å². The van der Waals surface area contributed by atoms with E-state index in [4.69, 9.17) is 5.73 Å². The molecule has 1 saturated carbocycles. The number of carbonyl (C=O) groups excluding carboxylic acids is 1. The zero-order valence-corrected chi connectivity index (χ0v) is 11.5. The Hall–Kier alpha value is -1.46. The van der Waals surface area contributed by atoms with Crippen LogP contribution in [-0.2, 0) is 0 Å². The van der Waals surface area contributed by atoms with Crippen LogP contribution < -0.4 is 11.1 Å². The Morgan fingerprint density at radius 2 is 2.21 bits per heavy atom. The molecule has 1 amide bonds. The highest BCUT2D eigenvalue weighted by atomic mass is 32.1. The normalized spacial score (nSPS) is 17.7. The first-order chi connectivity index (χ1) is 9.22. The summed E-state index contributed by atoms with van der Waals surface area (Å²) >= 11 is 1.55. The molecule has 0 bridgehead atoms. The molecule has 1 fully saturated rings. The van der Waals surface area contributed by atoms with Gasteiger partial charge in [0.05, 0.1) is 21.3 Å². The van der Waals surface area contributed by atoms with Gasteiger partial charge in [-0.25, -0.2) is 4.98 Å². The number of carbonyl (C=O) groups is 1. The van der Waals surface area contributed by atoms with Gasteiger partial charge in [0.15, 0.2) is 0 Å². The van der Waals surface area contributed by atoms with Crippen LogP contribution in [0.15, 0.2) is 23.7 Å². The van der Waals surface area contributed by atoms with E-state index in [-0.39, 0.29) is 11.4 Å². The number of hydrogen-bond acceptors (Lipinski definition) is 4. The van der Waals surface area contributed by atoms with Gasteiger partial charge in [0, 0.05) is 12.1 Å². The number of benzene rings is 1. The molecule has 0 unspecified atom stereocenters. The second-order valence-electron chi connectivity index (χ2n) is 5.18. The molecule has 0 saturated heterocycles. The fraction of sp³-hybridized carbons (Fsp3) is 0.429. The quantitative estimate of drug-likeness (QED) is 0.903. The van der Waals surface area contributed by atoms with E-state index >= 15 is 0 Å². The Kier molecular flexibility index (Phi) is 3.24. The molecule has 1 aliphatic rings. The van der Waals surface area contributed by atoms with Crippen LogP contribution in [0.3, 0.4) is 0 Å². The summed E-state index contributed by atoms with van der Waals surface area (Å²) in [6, 6.07) is 5.63. The van der Waals surface area contributed by atoms with E-state index in [9.17, 15) is 4.79 Å². The van der Waals surface area contributed by atoms with Gasteiger partial charge in [-0.05, 0) is 31.0 Å². The summed E-state index contributed by atoms with van der Waals surface area (Å²) in [6.07, 6.45) is 4.26. The molecule has 0 radical (unpaired) electrons. The lowest BCUT2D eigenvalue weighted by molar-refractivity contribution is 0.0903. The Balaban J connectivity index is 1.82. The zero-order chi connectivity index (χ0) is 13.3. The number of fused-ring (bicyclic) bond motifs is 1. The van der Waals surface area contributed by atoms with E-state index < -0.39 is 0 Å². The molecule has 3 N–H and O–H groups in total. The third-order valence-corrected chi connectivity index (χ3v) is 4.72. The maximum Gasteiger partial charge on any atom is 0.251 e. The van der Waals surface area contributed by atoms with Gasteiger partial charge in [-0.2, -0.15) is 0 Å². The maximum atomic E-state index is 12.3. The Morgan fingerprint density at radius 3 is 2.95 bits per heavy atom. The number of thiazole rings is 1. The van der Waals surface area contributed by atoms with Gasteiger partial charge in [0.1, 0.15) is 0 Å². The molecule has 100 valence electrons. The highest BCUT2D eigenvalue weighted by Gasteiger charge is 2.34. The first kappa shape index (κ1) is 12.6. The van der Waals surface area contributed by atoms with Crippen molar-refractivity contribution in [1.29, 1.82) is 0 Å². The van der Waals surface area contributed by atoms with Crippen LogP contribution in [0, 0.1) is 0 Å². The van der Waals surface area contributed by atoms with Crippen molar-refractivity contribution < 1.29 is 4.79 Å². The lowest BCUT2D eigenvalue weighted by atomic mass is 9.97. The predicted molar refractivity (Wildman–Crippen MR) is 77.3 cm³/mol. The van der Waals surface area contributed by atoms with Gasteiger partial charge in [0.2, 0.25) is 0 Å². The van der Waals surface area contributed by atoms with Crippen LogP contribution in [0.1, 0.15) is 36.0 Å². The average molecular weight is 275 g/mol. The average Bonchev–Trinajstić information content (AvgIpc) is 3.06. The Bertz CT molecular complexity index is 602. The van der Waals surface area contributed by atoms with Gasteiger partial charge in [-0.1, -0.05) is 12.8 Å². The molecule has 1 aromatic carbocycles. The number of nitrogens with one attached hydrogen (secondary N) is 1. The SMILES string of the molecule is NCC1(NC(=O)c2ccc3ncsc3c2)CCCC1. The van der Waals surface area contributed by atoms with E-state index in [1.54, 1.807) is 16.8 Å². The summed E-state index contributed by atoms with van der Waals surface area (Å²) in [5.74, 6) is -0.0253. The summed E-state index contributed by atoms with van der Waals surface area (Å²) in [4.78, 5) is 16.6. The van der Waals surface area contributed by atoms with E-state index in [0.29, 0.717) is 12.1 Å². The number of nitrogens with zero attached hydrogens (tertiary/aromatic N) is 1. The van der Waals surface area contributed by atoms with Crippen molar-refractivity contribution in [1.82, 2.24) is 10.3 Å². The standard InChI is InChI=1S/C14H17N3OS/c15-8-14(5-1-2-6-14)17-13(18)10-3-4-11-12(7-10)19-9-16-11/h3-4,7,9H,1-2,5-6,8,15H2,(H,17,18). The van der Waals surface area contributed by atoms with Crippen molar-refractivity contribution in [2.24, 2.45) is 5.73 Å². The summed E-state index contributed by atoms with van der Waals surface area (Å²) in [5, 5.41) is 3.14. The summed E-state index contributed by atoms with van der Waals surface area (Å²) in [5.41, 5.74) is 9.08. The number of nitrogens with two attached hydrogens (primary N) is 1. The molecular formula is C14H17N3OS. The summed E-state index contributed by atoms with van der Waals surface area (Å²) in [7, 11) is 0. The number of aromatic nitrogens is 1. The molecule has 2 aromatic rings. The van der Waals surface area contributed by atoms with E-state index in [1.165, 1.54) is 0 Å². The van der Waals surface area contributed by atoms with Gasteiger partial charge in [-0.15, -0.1) is 11.3 Å². The van der Waals surface area contributed by atoms with E-state index in [1.807, 2.05) is 18.2 Å². The van der Waals surface area contributed by atoms with E-state index in [2.05, 4.69) is 10.3 Å². The first-order valence-corrected chi connectivity index (χ1v) is 7.46. The van der Waals surface area contributed by atoms with Crippen LogP contribution in [-0.4, -0.2) is 23.0 Å². The van der Waals surface area contributed by atoms with Gasteiger partial charge in [-0.3, -0.25) is 4.79 Å². The molecule has 0 atom stereocenters. The first-order valence-electron chi connectivity index (χ1n) is 6.58. The third kappa shape index (κ3) is 2.35. The Labute approximate surface area is 116 Å². The smallest absolute Gasteiger partial charge is 0.251 e. The van der Waals surface area contributed by atoms with Crippen molar-refractivity contribution in [3.63, 3.8) is 0 Å². The lowest BCUT2D eigenvalue weighted by Crippen LogP contribution is -2.51. The molecule has 19 heavy (non-hydrogen) atoms. The summed E-state index contributed by atoms with van der Waals surface area (Å²) < 4.78 is 1.04. The molecule has 3 rings (SSSR count). The number of rotatable bonds is 3. The molecular weight excluding hydrogens is 258 g/mol. The van der Waals surface area contributed by atoms with Gasteiger partial charge in [0.25, 0.3) is 5.91 Å². The second-order valence-corrected chi connectivity index (χ2v) is 6.07. The molecule has 0 aliphatic heterocycles. The molecule has 4 nitrogen and oxygen atoms in total. The van der Waals surface area contributed by atoms with Crippen molar-refractivity contribution in [2.45, 2.75) is 31.2 Å². The van der Waals surface area contributed by atoms with E-state index in [0.717, 1.165) is 35.9 Å². The molecule has 1 aromatic heterocycles. The van der Waals surface area contributed by atoms with Crippen LogP contribution in [0.5, 0.6) is 0 Å². The van der Waals surface area contributed by atoms with Gasteiger partial charge >= 0.3 is 0 Å². The predicted octanol–water partition coefficient (Wildman–Crippen LogP) is 2.30. The molecule has 0 spiro atoms. The Morgan fingerprint density at radius 1 is 1.42 bits per heavy atom. The summed E-state index contributed by atoms with van der Waals surface area (Å²) in [6.45, 7) is 0.515. The lowest BCUT2D eigenvalue weighted by Gasteiger charge is -2.28. The minimum absolute atomic E-state index is 0.0253. The fourth-order valence-corrected chi connectivity index (χ4v) is 3.46. The topological polar surface area (TPSA) is 68.0 Å². The fourth-order valence-electron chi connectivity index (χ4n) is 2.74. The highest BCUT2D eigenvalue weighted by Crippen LogP contribution is 2.29. The second kappa shape index (κ2) is 4.90. The van der Waals surface area contributed by atoms with Crippen LogP contribution in [0.25, 0.3) is 10.2 Å². The molecule has 1 aliphatic carbocycles. The van der Waals surface area contributed by atoms with Crippen molar-refractivity contribution >= 4 is 27.5 Å². The van der Waals surface area contributed by atoms with Crippen LogP contribution >= 0.6 is 11.3 Å². The monoisotopic (exact) mass is 275 g/mol. The molecule has 1 heterocycles. The van der Waals surface area contributed by atoms with Crippen LogP contribution in [0.2, 0.25) is 0 Å². The van der Waals surface area contributed by atoms with Crippen LogP contribution in [0.4, 0.5) is 0 Å². The zero-order valence-electron chi connectivity index (χ0n) is 10.7. The highest BCUT2D eigenvalue weighted by molar-refractivity contribution is 7.16. The number of amides is 1. The third-order valence-electron chi connectivity index (χ3n) is 3.92.